The van der Waals surface area contributed by atoms with Crippen LogP contribution in [-0.2, 0) is 12.8 Å². The van der Waals surface area contributed by atoms with E-state index in [4.69, 9.17) is 9.47 Å². The molecule has 0 unspecified atom stereocenters. The summed E-state index contributed by atoms with van der Waals surface area (Å²) in [5.41, 5.74) is 3.07. The minimum Gasteiger partial charge on any atom is -0.493 e. The molecule has 0 bridgehead atoms. The van der Waals surface area contributed by atoms with E-state index < -0.39 is 0 Å². The zero-order valence-corrected chi connectivity index (χ0v) is 12.1. The van der Waals surface area contributed by atoms with Crippen LogP contribution in [0, 0.1) is 0 Å². The molecule has 1 fully saturated rings. The van der Waals surface area contributed by atoms with Crippen LogP contribution in [0.25, 0.3) is 0 Å². The lowest BCUT2D eigenvalue weighted by Crippen LogP contribution is -2.38. The number of amides is 2. The second-order valence-electron chi connectivity index (χ2n) is 5.89. The molecule has 5 heteroatoms. The van der Waals surface area contributed by atoms with E-state index in [2.05, 4.69) is 11.4 Å². The minimum absolute atomic E-state index is 0.00676. The first-order valence-electron chi connectivity index (χ1n) is 7.83. The first-order valence-corrected chi connectivity index (χ1v) is 7.83. The Morgan fingerprint density at radius 2 is 1.90 bits per heavy atom. The van der Waals surface area contributed by atoms with Crippen LogP contribution < -0.4 is 14.8 Å². The summed E-state index contributed by atoms with van der Waals surface area (Å²) in [6, 6.07) is 2.06. The highest BCUT2D eigenvalue weighted by atomic mass is 16.5. The van der Waals surface area contributed by atoms with Crippen molar-refractivity contribution in [2.24, 2.45) is 0 Å². The van der Waals surface area contributed by atoms with E-state index in [9.17, 15) is 4.79 Å². The number of hydrogen-bond acceptors (Lipinski definition) is 3. The number of ether oxygens (including phenoxy) is 2. The maximum atomic E-state index is 12.5. The van der Waals surface area contributed by atoms with E-state index in [1.807, 2.05) is 4.90 Å². The standard InChI is InChI=1S/C16H20N2O3/c19-16(18-6-2-1-3-7-18)17-14-12-5-9-20-13(12)10-11-4-8-21-15(11)14/h10H,1-9H2,(H,17,19). The van der Waals surface area contributed by atoms with Gasteiger partial charge in [0.25, 0.3) is 0 Å². The summed E-state index contributed by atoms with van der Waals surface area (Å²) in [4.78, 5) is 14.4. The van der Waals surface area contributed by atoms with Crippen LogP contribution in [0.15, 0.2) is 6.07 Å². The quantitative estimate of drug-likeness (QED) is 0.864. The third-order valence-electron chi connectivity index (χ3n) is 4.53. The number of piperidine rings is 1. The number of fused-ring (bicyclic) bond motifs is 2. The van der Waals surface area contributed by atoms with E-state index in [1.54, 1.807) is 0 Å². The van der Waals surface area contributed by atoms with Gasteiger partial charge in [0.1, 0.15) is 11.5 Å². The van der Waals surface area contributed by atoms with Crippen LogP contribution in [0.4, 0.5) is 10.5 Å². The lowest BCUT2D eigenvalue weighted by Gasteiger charge is -2.27. The second kappa shape index (κ2) is 5.13. The molecule has 21 heavy (non-hydrogen) atoms. The predicted octanol–water partition coefficient (Wildman–Crippen LogP) is 2.57. The van der Waals surface area contributed by atoms with Crippen LogP contribution >= 0.6 is 0 Å². The van der Waals surface area contributed by atoms with Gasteiger partial charge in [-0.1, -0.05) is 0 Å². The molecule has 3 aliphatic heterocycles. The SMILES string of the molecule is O=C(Nc1c2c(cc3c1OCC3)OCC2)N1CCCCC1. The Morgan fingerprint density at radius 1 is 1.10 bits per heavy atom. The fourth-order valence-electron chi connectivity index (χ4n) is 3.40. The number of hydrogen-bond donors (Lipinski definition) is 1. The van der Waals surface area contributed by atoms with Gasteiger partial charge in [0, 0.05) is 37.1 Å². The van der Waals surface area contributed by atoms with Gasteiger partial charge in [-0.05, 0) is 25.3 Å². The highest BCUT2D eigenvalue weighted by Gasteiger charge is 2.28. The number of carbonyl (C=O) groups is 1. The van der Waals surface area contributed by atoms with Crippen LogP contribution in [0.5, 0.6) is 11.5 Å². The molecule has 1 aromatic carbocycles. The summed E-state index contributed by atoms with van der Waals surface area (Å²) >= 11 is 0. The molecule has 112 valence electrons. The molecule has 1 saturated heterocycles. The van der Waals surface area contributed by atoms with Gasteiger partial charge in [-0.25, -0.2) is 4.79 Å². The van der Waals surface area contributed by atoms with Crippen LogP contribution in [0.2, 0.25) is 0 Å². The number of rotatable bonds is 1. The molecule has 1 aromatic rings. The van der Waals surface area contributed by atoms with Crippen molar-refractivity contribution in [3.05, 3.63) is 17.2 Å². The molecular formula is C16H20N2O3. The van der Waals surface area contributed by atoms with Gasteiger partial charge in [-0.2, -0.15) is 0 Å². The summed E-state index contributed by atoms with van der Waals surface area (Å²) in [5, 5.41) is 3.09. The van der Waals surface area contributed by atoms with Crippen LogP contribution in [-0.4, -0.2) is 37.2 Å². The van der Waals surface area contributed by atoms with E-state index in [1.165, 1.54) is 6.42 Å². The lowest BCUT2D eigenvalue weighted by molar-refractivity contribution is 0.200. The first-order chi connectivity index (χ1) is 10.3. The Morgan fingerprint density at radius 3 is 2.76 bits per heavy atom. The summed E-state index contributed by atoms with van der Waals surface area (Å²) in [5.74, 6) is 1.76. The van der Waals surface area contributed by atoms with E-state index in [0.29, 0.717) is 13.2 Å². The van der Waals surface area contributed by atoms with Gasteiger partial charge in [-0.3, -0.25) is 0 Å². The Labute approximate surface area is 124 Å². The molecule has 0 atom stereocenters. The van der Waals surface area contributed by atoms with Gasteiger partial charge >= 0.3 is 6.03 Å². The summed E-state index contributed by atoms with van der Waals surface area (Å²) < 4.78 is 11.4. The number of benzene rings is 1. The average molecular weight is 288 g/mol. The number of nitrogens with zero attached hydrogens (tertiary/aromatic N) is 1. The smallest absolute Gasteiger partial charge is 0.321 e. The number of urea groups is 1. The predicted molar refractivity (Wildman–Crippen MR) is 79.3 cm³/mol. The third-order valence-corrected chi connectivity index (χ3v) is 4.53. The number of likely N-dealkylation sites (tertiary alicyclic amines) is 1. The largest absolute Gasteiger partial charge is 0.493 e. The minimum atomic E-state index is -0.00676. The fraction of sp³-hybridized carbons (Fsp3) is 0.562. The monoisotopic (exact) mass is 288 g/mol. The number of carbonyl (C=O) groups excluding carboxylic acids is 1. The highest BCUT2D eigenvalue weighted by Crippen LogP contribution is 2.44. The molecule has 1 N–H and O–H groups in total. The summed E-state index contributed by atoms with van der Waals surface area (Å²) in [6.45, 7) is 3.07. The lowest BCUT2D eigenvalue weighted by atomic mass is 10.0. The normalized spacial score (nSPS) is 19.5. The van der Waals surface area contributed by atoms with Gasteiger partial charge in [0.05, 0.1) is 18.9 Å². The van der Waals surface area contributed by atoms with Crippen molar-refractivity contribution < 1.29 is 14.3 Å². The second-order valence-corrected chi connectivity index (χ2v) is 5.89. The Kier molecular flexibility index (Phi) is 3.13. The average Bonchev–Trinajstić information content (AvgIpc) is 3.16. The van der Waals surface area contributed by atoms with Crippen molar-refractivity contribution in [2.75, 3.05) is 31.6 Å². The van der Waals surface area contributed by atoms with Crippen molar-refractivity contribution in [2.45, 2.75) is 32.1 Å². The summed E-state index contributed by atoms with van der Waals surface area (Å²) in [6.07, 6.45) is 5.13. The Balaban J connectivity index is 1.64. The maximum absolute atomic E-state index is 12.5. The zero-order chi connectivity index (χ0) is 14.2. The maximum Gasteiger partial charge on any atom is 0.321 e. The van der Waals surface area contributed by atoms with Crippen molar-refractivity contribution >= 4 is 11.7 Å². The van der Waals surface area contributed by atoms with Crippen molar-refractivity contribution in [3.8, 4) is 11.5 Å². The zero-order valence-electron chi connectivity index (χ0n) is 12.1. The third kappa shape index (κ3) is 2.20. The first kappa shape index (κ1) is 12.8. The van der Waals surface area contributed by atoms with Crippen molar-refractivity contribution in [1.29, 1.82) is 0 Å². The van der Waals surface area contributed by atoms with Crippen molar-refractivity contribution in [1.82, 2.24) is 4.90 Å². The van der Waals surface area contributed by atoms with E-state index in [0.717, 1.165) is 67.1 Å². The molecule has 0 aliphatic carbocycles. The molecule has 3 heterocycles. The fourth-order valence-corrected chi connectivity index (χ4v) is 3.40. The van der Waals surface area contributed by atoms with Gasteiger partial charge in [0.15, 0.2) is 0 Å². The summed E-state index contributed by atoms with van der Waals surface area (Å²) in [7, 11) is 0. The number of anilines is 1. The molecule has 3 aliphatic rings. The van der Waals surface area contributed by atoms with Crippen LogP contribution in [0.3, 0.4) is 0 Å². The molecule has 0 spiro atoms. The van der Waals surface area contributed by atoms with E-state index >= 15 is 0 Å². The molecular weight excluding hydrogens is 268 g/mol. The van der Waals surface area contributed by atoms with Gasteiger partial charge in [-0.15, -0.1) is 0 Å². The molecule has 0 saturated carbocycles. The van der Waals surface area contributed by atoms with Gasteiger partial charge < -0.3 is 19.7 Å². The molecule has 0 radical (unpaired) electrons. The van der Waals surface area contributed by atoms with E-state index in [-0.39, 0.29) is 6.03 Å². The van der Waals surface area contributed by atoms with Crippen molar-refractivity contribution in [3.63, 3.8) is 0 Å². The number of nitrogens with one attached hydrogen (secondary N) is 1. The Hall–Kier alpha value is -1.91. The van der Waals surface area contributed by atoms with Gasteiger partial charge in [0.2, 0.25) is 0 Å². The molecule has 0 aromatic heterocycles. The molecule has 5 nitrogen and oxygen atoms in total. The molecule has 2 amide bonds. The molecule has 4 rings (SSSR count). The van der Waals surface area contributed by atoms with Crippen LogP contribution in [0.1, 0.15) is 30.4 Å². The topological polar surface area (TPSA) is 50.8 Å². The highest BCUT2D eigenvalue weighted by molar-refractivity contribution is 5.93. The Bertz CT molecular complexity index is 547.